The van der Waals surface area contributed by atoms with Gasteiger partial charge in [-0.15, -0.1) is 0 Å². The highest BCUT2D eigenvalue weighted by molar-refractivity contribution is 9.10. The molecule has 1 aromatic heterocycles. The van der Waals surface area contributed by atoms with Crippen molar-refractivity contribution in [3.63, 3.8) is 0 Å². The van der Waals surface area contributed by atoms with Crippen molar-refractivity contribution in [3.8, 4) is 5.75 Å². The predicted molar refractivity (Wildman–Crippen MR) is 106 cm³/mol. The highest BCUT2D eigenvalue weighted by Crippen LogP contribution is 2.36. The molecule has 1 N–H and O–H groups in total. The lowest BCUT2D eigenvalue weighted by molar-refractivity contribution is -0.116. The predicted octanol–water partition coefficient (Wildman–Crippen LogP) is 4.81. The average Bonchev–Trinajstić information content (AvgIpc) is 2.53. The van der Waals surface area contributed by atoms with Crippen molar-refractivity contribution >= 4 is 50.9 Å². The normalized spacial score (nSPS) is 10.6. The molecule has 2 rings (SSSR count). The van der Waals surface area contributed by atoms with Crippen LogP contribution in [-0.2, 0) is 11.2 Å². The Bertz CT molecular complexity index is 779. The van der Waals surface area contributed by atoms with Gasteiger partial charge in [-0.1, -0.05) is 23.4 Å². The number of rotatable bonds is 6. The Hall–Kier alpha value is -1.31. The number of hydrogen-bond acceptors (Lipinski definition) is 5. The van der Waals surface area contributed by atoms with Gasteiger partial charge in [0, 0.05) is 22.8 Å². The zero-order chi connectivity index (χ0) is 18.6. The number of nitrogens with zero attached hydrogens (tertiary/aromatic N) is 2. The molecule has 0 saturated heterocycles. The summed E-state index contributed by atoms with van der Waals surface area (Å²) in [6, 6.07) is 3.38. The number of amides is 1. The molecular weight excluding hydrogens is 426 g/mol. The van der Waals surface area contributed by atoms with E-state index in [0.717, 1.165) is 22.1 Å². The molecule has 0 unspecified atom stereocenters. The number of hydrogen-bond donors (Lipinski definition) is 1. The SMILES string of the molecule is COc1c(Br)cc(Cl)cc1NC(=O)CCc1c(C)nc(SC)nc1C. The first-order chi connectivity index (χ1) is 11.8. The first-order valence-electron chi connectivity index (χ1n) is 7.56. The molecule has 134 valence electrons. The average molecular weight is 445 g/mol. The number of nitrogens with one attached hydrogen (secondary N) is 1. The summed E-state index contributed by atoms with van der Waals surface area (Å²) in [6.07, 6.45) is 2.83. The van der Waals surface area contributed by atoms with Gasteiger partial charge < -0.3 is 10.1 Å². The van der Waals surface area contributed by atoms with Gasteiger partial charge in [0.15, 0.2) is 10.9 Å². The lowest BCUT2D eigenvalue weighted by atomic mass is 10.1. The Morgan fingerprint density at radius 2 is 1.96 bits per heavy atom. The van der Waals surface area contributed by atoms with Gasteiger partial charge >= 0.3 is 0 Å². The Balaban J connectivity index is 2.10. The summed E-state index contributed by atoms with van der Waals surface area (Å²) in [4.78, 5) is 21.2. The molecule has 0 spiro atoms. The van der Waals surface area contributed by atoms with Gasteiger partial charge in [-0.25, -0.2) is 9.97 Å². The second kappa shape index (κ2) is 8.87. The van der Waals surface area contributed by atoms with Crippen LogP contribution >= 0.6 is 39.3 Å². The van der Waals surface area contributed by atoms with E-state index in [9.17, 15) is 4.79 Å². The van der Waals surface area contributed by atoms with E-state index >= 15 is 0 Å². The number of benzene rings is 1. The molecule has 0 saturated carbocycles. The number of thioether (sulfide) groups is 1. The van der Waals surface area contributed by atoms with Crippen LogP contribution in [-0.4, -0.2) is 29.2 Å². The fourth-order valence-corrected chi connectivity index (χ4v) is 3.90. The fraction of sp³-hybridized carbons (Fsp3) is 0.353. The number of aryl methyl sites for hydroxylation is 2. The van der Waals surface area contributed by atoms with Crippen molar-refractivity contribution in [1.29, 1.82) is 0 Å². The Morgan fingerprint density at radius 3 is 2.52 bits per heavy atom. The second-order valence-corrected chi connectivity index (χ2v) is 7.44. The van der Waals surface area contributed by atoms with Crippen LogP contribution < -0.4 is 10.1 Å². The molecule has 25 heavy (non-hydrogen) atoms. The summed E-state index contributed by atoms with van der Waals surface area (Å²) in [7, 11) is 1.54. The van der Waals surface area contributed by atoms with Crippen molar-refractivity contribution in [1.82, 2.24) is 9.97 Å². The number of halogens is 2. The standard InChI is InChI=1S/C17H19BrClN3O2S/c1-9-12(10(2)21-17(20-9)25-4)5-6-15(23)22-14-8-11(19)7-13(18)16(14)24-3/h7-8H,5-6H2,1-4H3,(H,22,23). The van der Waals surface area contributed by atoms with Crippen LogP contribution in [0, 0.1) is 13.8 Å². The van der Waals surface area contributed by atoms with E-state index in [4.69, 9.17) is 16.3 Å². The minimum Gasteiger partial charge on any atom is -0.493 e. The highest BCUT2D eigenvalue weighted by Gasteiger charge is 2.14. The molecule has 0 fully saturated rings. The zero-order valence-corrected chi connectivity index (χ0v) is 17.6. The molecule has 1 heterocycles. The van der Waals surface area contributed by atoms with E-state index in [1.807, 2.05) is 20.1 Å². The smallest absolute Gasteiger partial charge is 0.224 e. The third kappa shape index (κ3) is 5.09. The van der Waals surface area contributed by atoms with Crippen LogP contribution in [0.4, 0.5) is 5.69 Å². The first kappa shape index (κ1) is 20.0. The number of carbonyl (C=O) groups is 1. The van der Waals surface area contributed by atoms with Gasteiger partial charge in [0.2, 0.25) is 5.91 Å². The quantitative estimate of drug-likeness (QED) is 0.511. The van der Waals surface area contributed by atoms with Crippen molar-refractivity contribution in [2.24, 2.45) is 0 Å². The van der Waals surface area contributed by atoms with Crippen LogP contribution in [0.5, 0.6) is 5.75 Å². The van der Waals surface area contributed by atoms with Crippen molar-refractivity contribution in [2.45, 2.75) is 31.8 Å². The van der Waals surface area contributed by atoms with Crippen LogP contribution in [0.3, 0.4) is 0 Å². The zero-order valence-electron chi connectivity index (χ0n) is 14.4. The van der Waals surface area contributed by atoms with Crippen LogP contribution in [0.2, 0.25) is 5.02 Å². The minimum atomic E-state index is -0.125. The first-order valence-corrected chi connectivity index (χ1v) is 9.96. The molecule has 5 nitrogen and oxygen atoms in total. The van der Waals surface area contributed by atoms with Gasteiger partial charge in [0.25, 0.3) is 0 Å². The summed E-state index contributed by atoms with van der Waals surface area (Å²) in [6.45, 7) is 3.89. The largest absolute Gasteiger partial charge is 0.493 e. The number of carbonyl (C=O) groups excluding carboxylic acids is 1. The van der Waals surface area contributed by atoms with E-state index in [1.54, 1.807) is 19.2 Å². The molecule has 0 aliphatic rings. The van der Waals surface area contributed by atoms with Crippen molar-refractivity contribution in [3.05, 3.63) is 38.6 Å². The van der Waals surface area contributed by atoms with Gasteiger partial charge in [-0.2, -0.15) is 0 Å². The maximum atomic E-state index is 12.4. The van der Waals surface area contributed by atoms with Crippen LogP contribution in [0.25, 0.3) is 0 Å². The molecule has 2 aromatic rings. The van der Waals surface area contributed by atoms with Gasteiger partial charge in [0.1, 0.15) is 0 Å². The Labute approximate surface area is 165 Å². The molecular formula is C17H19BrClN3O2S. The fourth-order valence-electron chi connectivity index (χ4n) is 2.47. The Kier molecular flexibility index (Phi) is 7.10. The molecule has 0 atom stereocenters. The van der Waals surface area contributed by atoms with Gasteiger partial charge in [-0.05, 0) is 60.2 Å². The summed E-state index contributed by atoms with van der Waals surface area (Å²) in [5.74, 6) is 0.415. The molecule has 1 aromatic carbocycles. The van der Waals surface area contributed by atoms with E-state index in [-0.39, 0.29) is 5.91 Å². The summed E-state index contributed by atoms with van der Waals surface area (Å²) >= 11 is 10.9. The minimum absolute atomic E-state index is 0.125. The molecule has 0 bridgehead atoms. The van der Waals surface area contributed by atoms with E-state index in [1.165, 1.54) is 11.8 Å². The summed E-state index contributed by atoms with van der Waals surface area (Å²) < 4.78 is 6.00. The summed E-state index contributed by atoms with van der Waals surface area (Å²) in [5.41, 5.74) is 3.36. The van der Waals surface area contributed by atoms with Gasteiger partial charge in [0.05, 0.1) is 17.3 Å². The lowest BCUT2D eigenvalue weighted by Crippen LogP contribution is -2.14. The van der Waals surface area contributed by atoms with Crippen LogP contribution in [0.15, 0.2) is 21.8 Å². The van der Waals surface area contributed by atoms with Crippen molar-refractivity contribution in [2.75, 3.05) is 18.7 Å². The maximum Gasteiger partial charge on any atom is 0.224 e. The van der Waals surface area contributed by atoms with Crippen LogP contribution in [0.1, 0.15) is 23.4 Å². The van der Waals surface area contributed by atoms with Crippen molar-refractivity contribution < 1.29 is 9.53 Å². The molecule has 1 amide bonds. The van der Waals surface area contributed by atoms with Gasteiger partial charge in [-0.3, -0.25) is 4.79 Å². The monoisotopic (exact) mass is 443 g/mol. The molecule has 0 aliphatic carbocycles. The topological polar surface area (TPSA) is 64.1 Å². The molecule has 0 radical (unpaired) electrons. The molecule has 8 heteroatoms. The number of anilines is 1. The number of ether oxygens (including phenoxy) is 1. The van der Waals surface area contributed by atoms with E-state index < -0.39 is 0 Å². The summed E-state index contributed by atoms with van der Waals surface area (Å²) in [5, 5.41) is 4.11. The number of methoxy groups -OCH3 is 1. The second-order valence-electron chi connectivity index (χ2n) is 5.38. The Morgan fingerprint density at radius 1 is 1.32 bits per heavy atom. The lowest BCUT2D eigenvalue weighted by Gasteiger charge is -2.13. The number of aromatic nitrogens is 2. The maximum absolute atomic E-state index is 12.4. The van der Waals surface area contributed by atoms with E-state index in [2.05, 4.69) is 31.2 Å². The highest BCUT2D eigenvalue weighted by atomic mass is 79.9. The molecule has 0 aliphatic heterocycles. The third-order valence-corrected chi connectivity index (χ3v) is 5.03. The third-order valence-electron chi connectivity index (χ3n) is 3.67. The van der Waals surface area contributed by atoms with E-state index in [0.29, 0.717) is 33.8 Å².